The van der Waals surface area contributed by atoms with Crippen LogP contribution in [0.4, 0.5) is 5.69 Å². The minimum Gasteiger partial charge on any atom is -0.477 e. The Morgan fingerprint density at radius 3 is 2.75 bits per heavy atom. The van der Waals surface area contributed by atoms with Gasteiger partial charge in [-0.25, -0.2) is 4.79 Å². The van der Waals surface area contributed by atoms with Crippen molar-refractivity contribution in [1.29, 1.82) is 0 Å². The minimum absolute atomic E-state index is 0.0528. The summed E-state index contributed by atoms with van der Waals surface area (Å²) in [5.41, 5.74) is 1.72. The van der Waals surface area contributed by atoms with Gasteiger partial charge in [-0.3, -0.25) is 4.79 Å². The Morgan fingerprint density at radius 1 is 1.45 bits per heavy atom. The molecule has 2 aromatic rings. The van der Waals surface area contributed by atoms with Crippen molar-refractivity contribution in [3.8, 4) is 0 Å². The monoisotopic (exact) mass is 277 g/mol. The number of hydrogen-bond acceptors (Lipinski definition) is 4. The number of aryl methyl sites for hydroxylation is 3. The maximum atomic E-state index is 12.2. The summed E-state index contributed by atoms with van der Waals surface area (Å²) in [7, 11) is 0. The van der Waals surface area contributed by atoms with Gasteiger partial charge in [0.1, 0.15) is 17.0 Å². The van der Waals surface area contributed by atoms with Crippen molar-refractivity contribution in [3.05, 3.63) is 34.5 Å². The highest BCUT2D eigenvalue weighted by Gasteiger charge is 2.22. The molecule has 0 unspecified atom stereocenters. The van der Waals surface area contributed by atoms with Crippen LogP contribution < -0.4 is 5.32 Å². The molecule has 7 heteroatoms. The molecule has 0 atom stereocenters. The smallest absolute Gasteiger partial charge is 0.354 e. The zero-order valence-electron chi connectivity index (χ0n) is 11.4. The quantitative estimate of drug-likeness (QED) is 0.793. The summed E-state index contributed by atoms with van der Waals surface area (Å²) in [5.74, 6) is -1.16. The van der Waals surface area contributed by atoms with Gasteiger partial charge in [-0.2, -0.15) is 0 Å². The van der Waals surface area contributed by atoms with Crippen LogP contribution in [0.1, 0.15) is 44.9 Å². The highest BCUT2D eigenvalue weighted by molar-refractivity contribution is 6.08. The lowest BCUT2D eigenvalue weighted by Crippen LogP contribution is -2.16. The van der Waals surface area contributed by atoms with Crippen molar-refractivity contribution < 1.29 is 19.2 Å². The van der Waals surface area contributed by atoms with Crippen LogP contribution in [0.15, 0.2) is 10.6 Å². The van der Waals surface area contributed by atoms with E-state index in [1.54, 1.807) is 19.9 Å². The maximum Gasteiger partial charge on any atom is 0.354 e. The summed E-state index contributed by atoms with van der Waals surface area (Å²) >= 11 is 0. The van der Waals surface area contributed by atoms with Crippen LogP contribution in [-0.2, 0) is 6.42 Å². The predicted molar refractivity (Wildman–Crippen MR) is 71.1 cm³/mol. The van der Waals surface area contributed by atoms with E-state index in [4.69, 9.17) is 9.63 Å². The molecule has 0 aromatic carbocycles. The first-order chi connectivity index (χ1) is 9.43. The van der Waals surface area contributed by atoms with E-state index in [-0.39, 0.29) is 11.4 Å². The lowest BCUT2D eigenvalue weighted by atomic mass is 10.1. The highest BCUT2D eigenvalue weighted by Crippen LogP contribution is 2.20. The maximum absolute atomic E-state index is 12.2. The lowest BCUT2D eigenvalue weighted by molar-refractivity contribution is 0.0692. The Bertz CT molecular complexity index is 669. The third-order valence-corrected chi connectivity index (χ3v) is 2.91. The van der Waals surface area contributed by atoms with Crippen LogP contribution in [-0.4, -0.2) is 27.1 Å². The fraction of sp³-hybridized carbons (Fsp3) is 0.308. The van der Waals surface area contributed by atoms with Gasteiger partial charge in [0.05, 0.1) is 11.4 Å². The van der Waals surface area contributed by atoms with Crippen molar-refractivity contribution in [2.24, 2.45) is 0 Å². The summed E-state index contributed by atoms with van der Waals surface area (Å²) in [6.45, 7) is 5.21. The van der Waals surface area contributed by atoms with Crippen LogP contribution in [0.25, 0.3) is 0 Å². The minimum atomic E-state index is -1.13. The number of amides is 1. The van der Waals surface area contributed by atoms with Gasteiger partial charge in [0.25, 0.3) is 5.91 Å². The molecule has 0 spiro atoms. The summed E-state index contributed by atoms with van der Waals surface area (Å²) < 4.78 is 4.99. The Labute approximate surface area is 115 Å². The second-order valence-corrected chi connectivity index (χ2v) is 4.41. The number of nitrogens with zero attached hydrogens (tertiary/aromatic N) is 1. The number of carboxylic acids is 1. The van der Waals surface area contributed by atoms with Crippen LogP contribution in [0.2, 0.25) is 0 Å². The molecular weight excluding hydrogens is 262 g/mol. The van der Waals surface area contributed by atoms with E-state index in [2.05, 4.69) is 15.5 Å². The molecular formula is C13H15N3O4. The number of carbonyl (C=O) groups excluding carboxylic acids is 1. The molecule has 2 aromatic heterocycles. The predicted octanol–water partition coefficient (Wildman–Crippen LogP) is 2.13. The van der Waals surface area contributed by atoms with Gasteiger partial charge in [0.15, 0.2) is 0 Å². The molecule has 1 amide bonds. The zero-order valence-corrected chi connectivity index (χ0v) is 11.4. The number of H-pyrrole nitrogens is 1. The third kappa shape index (κ3) is 2.42. The highest BCUT2D eigenvalue weighted by atomic mass is 16.5. The summed E-state index contributed by atoms with van der Waals surface area (Å²) in [6.07, 6.45) is 0.554. The second-order valence-electron chi connectivity index (χ2n) is 4.41. The van der Waals surface area contributed by atoms with E-state index < -0.39 is 11.9 Å². The summed E-state index contributed by atoms with van der Waals surface area (Å²) in [5, 5.41) is 15.4. The molecule has 0 saturated heterocycles. The molecule has 0 bridgehead atoms. The number of carbonyl (C=O) groups is 2. The van der Waals surface area contributed by atoms with Crippen LogP contribution in [0.3, 0.4) is 0 Å². The van der Waals surface area contributed by atoms with E-state index in [1.807, 2.05) is 6.92 Å². The first-order valence-electron chi connectivity index (χ1n) is 6.13. The Hall–Kier alpha value is -2.57. The number of nitrogens with one attached hydrogen (secondary N) is 2. The van der Waals surface area contributed by atoms with Crippen LogP contribution >= 0.6 is 0 Å². The Morgan fingerprint density at radius 2 is 2.15 bits per heavy atom. The van der Waals surface area contributed by atoms with E-state index in [0.29, 0.717) is 29.1 Å². The zero-order chi connectivity index (χ0) is 14.9. The molecule has 0 aliphatic heterocycles. The van der Waals surface area contributed by atoms with Gasteiger partial charge in [-0.15, -0.1) is 0 Å². The number of hydrogen-bond donors (Lipinski definition) is 3. The van der Waals surface area contributed by atoms with Crippen molar-refractivity contribution >= 4 is 17.6 Å². The Kier molecular flexibility index (Phi) is 3.60. The SMILES string of the molecule is CCc1noc(C)c1C(=O)Nc1cc(C)[nH]c1C(=O)O. The van der Waals surface area contributed by atoms with Gasteiger partial charge in [0, 0.05) is 5.69 Å². The molecule has 0 radical (unpaired) electrons. The molecule has 2 heterocycles. The van der Waals surface area contributed by atoms with Gasteiger partial charge in [-0.1, -0.05) is 12.1 Å². The van der Waals surface area contributed by atoms with Gasteiger partial charge in [-0.05, 0) is 26.3 Å². The Balaban J connectivity index is 2.32. The topological polar surface area (TPSA) is 108 Å². The number of anilines is 1. The summed E-state index contributed by atoms with van der Waals surface area (Å²) in [4.78, 5) is 26.0. The van der Waals surface area contributed by atoms with E-state index in [1.165, 1.54) is 0 Å². The molecule has 106 valence electrons. The molecule has 20 heavy (non-hydrogen) atoms. The van der Waals surface area contributed by atoms with E-state index >= 15 is 0 Å². The molecule has 0 aliphatic rings. The number of aromatic amines is 1. The number of rotatable bonds is 4. The van der Waals surface area contributed by atoms with E-state index in [9.17, 15) is 9.59 Å². The van der Waals surface area contributed by atoms with Crippen LogP contribution in [0, 0.1) is 13.8 Å². The average Bonchev–Trinajstić information content (AvgIpc) is 2.92. The average molecular weight is 277 g/mol. The molecule has 7 nitrogen and oxygen atoms in total. The molecule has 2 rings (SSSR count). The lowest BCUT2D eigenvalue weighted by Gasteiger charge is -2.04. The standard InChI is InChI=1S/C13H15N3O4/c1-4-8-10(7(3)20-16-8)12(17)15-9-5-6(2)14-11(9)13(18)19/h5,14H,4H2,1-3H3,(H,15,17)(H,18,19). The number of aromatic carboxylic acids is 1. The van der Waals surface area contributed by atoms with Gasteiger partial charge >= 0.3 is 5.97 Å². The van der Waals surface area contributed by atoms with Crippen molar-refractivity contribution in [1.82, 2.24) is 10.1 Å². The van der Waals surface area contributed by atoms with Crippen molar-refractivity contribution in [2.75, 3.05) is 5.32 Å². The van der Waals surface area contributed by atoms with Crippen LogP contribution in [0.5, 0.6) is 0 Å². The fourth-order valence-electron chi connectivity index (χ4n) is 1.99. The third-order valence-electron chi connectivity index (χ3n) is 2.91. The van der Waals surface area contributed by atoms with Crippen molar-refractivity contribution in [3.63, 3.8) is 0 Å². The van der Waals surface area contributed by atoms with E-state index in [0.717, 1.165) is 0 Å². The first-order valence-corrected chi connectivity index (χ1v) is 6.13. The normalized spacial score (nSPS) is 10.6. The number of carboxylic acid groups (broad SMARTS) is 1. The molecule has 3 N–H and O–H groups in total. The largest absolute Gasteiger partial charge is 0.477 e. The van der Waals surface area contributed by atoms with Gasteiger partial charge in [0.2, 0.25) is 0 Å². The molecule has 0 saturated carbocycles. The fourth-order valence-corrected chi connectivity index (χ4v) is 1.99. The molecule has 0 aliphatic carbocycles. The van der Waals surface area contributed by atoms with Gasteiger partial charge < -0.3 is 19.9 Å². The molecule has 0 fully saturated rings. The second kappa shape index (κ2) is 5.20. The van der Waals surface area contributed by atoms with Crippen molar-refractivity contribution in [2.45, 2.75) is 27.2 Å². The summed E-state index contributed by atoms with van der Waals surface area (Å²) in [6, 6.07) is 1.57. The number of aromatic nitrogens is 2. The first kappa shape index (κ1) is 13.9.